The predicted octanol–water partition coefficient (Wildman–Crippen LogP) is 3.91. The molecule has 0 fully saturated rings. The van der Waals surface area contributed by atoms with E-state index in [-0.39, 0.29) is 11.9 Å². The quantitative estimate of drug-likeness (QED) is 0.457. The van der Waals surface area contributed by atoms with Gasteiger partial charge in [-0.2, -0.15) is 4.52 Å². The normalized spacial score (nSPS) is 12.0. The number of fused-ring (bicyclic) bond motifs is 3. The van der Waals surface area contributed by atoms with Crippen LogP contribution in [0.4, 0.5) is 11.5 Å². The van der Waals surface area contributed by atoms with Gasteiger partial charge >= 0.3 is 0 Å². The molecule has 0 radical (unpaired) electrons. The van der Waals surface area contributed by atoms with E-state index < -0.39 is 0 Å². The summed E-state index contributed by atoms with van der Waals surface area (Å²) in [5.74, 6) is 0.361. The molecule has 0 spiro atoms. The van der Waals surface area contributed by atoms with Crippen LogP contribution >= 0.6 is 0 Å². The molecule has 0 aliphatic rings. The first-order valence-corrected chi connectivity index (χ1v) is 9.89. The number of nitrogens with zero attached hydrogens (tertiary/aromatic N) is 5. The molecule has 0 unspecified atom stereocenters. The second-order valence-electron chi connectivity index (χ2n) is 7.18. The zero-order valence-electron chi connectivity index (χ0n) is 16.7. The van der Waals surface area contributed by atoms with Crippen molar-refractivity contribution < 1.29 is 4.79 Å². The fourth-order valence-electron chi connectivity index (χ4n) is 3.47. The van der Waals surface area contributed by atoms with Crippen molar-refractivity contribution in [2.75, 3.05) is 5.32 Å². The van der Waals surface area contributed by atoms with Crippen molar-refractivity contribution in [3.63, 3.8) is 0 Å². The molecule has 1 amide bonds. The Morgan fingerprint density at radius 1 is 0.968 bits per heavy atom. The average Bonchev–Trinajstić information content (AvgIpc) is 3.31. The topological polar surface area (TPSA) is 97.1 Å². The van der Waals surface area contributed by atoms with Gasteiger partial charge in [0.15, 0.2) is 5.82 Å². The molecule has 0 saturated carbocycles. The van der Waals surface area contributed by atoms with E-state index in [1.165, 1.54) is 0 Å². The highest BCUT2D eigenvalue weighted by Gasteiger charge is 2.14. The number of hydrogen-bond acceptors (Lipinski definition) is 6. The number of tetrazole rings is 1. The molecule has 8 nitrogen and oxygen atoms in total. The zero-order chi connectivity index (χ0) is 21.2. The third kappa shape index (κ3) is 3.66. The van der Waals surface area contributed by atoms with Gasteiger partial charge < -0.3 is 10.6 Å². The van der Waals surface area contributed by atoms with Crippen molar-refractivity contribution >= 4 is 34.1 Å². The van der Waals surface area contributed by atoms with Crippen LogP contribution in [0.15, 0.2) is 78.9 Å². The van der Waals surface area contributed by atoms with Gasteiger partial charge in [0.1, 0.15) is 0 Å². The molecular formula is C23H19N7O. The number of nitrogens with one attached hydrogen (secondary N) is 2. The minimum Gasteiger partial charge on any atom is -0.346 e. The molecule has 0 aliphatic heterocycles. The van der Waals surface area contributed by atoms with E-state index in [4.69, 9.17) is 0 Å². The zero-order valence-corrected chi connectivity index (χ0v) is 16.7. The number of para-hydroxylation sites is 2. The summed E-state index contributed by atoms with van der Waals surface area (Å²) in [5, 5.41) is 18.2. The van der Waals surface area contributed by atoms with Crippen LogP contribution in [0.2, 0.25) is 0 Å². The number of anilines is 2. The van der Waals surface area contributed by atoms with E-state index in [1.807, 2.05) is 73.7 Å². The molecule has 1 atom stereocenters. The van der Waals surface area contributed by atoms with Crippen LogP contribution in [-0.4, -0.2) is 30.9 Å². The first kappa shape index (κ1) is 18.7. The lowest BCUT2D eigenvalue weighted by atomic mass is 10.1. The van der Waals surface area contributed by atoms with Crippen LogP contribution in [0.3, 0.4) is 0 Å². The number of rotatable bonds is 5. The van der Waals surface area contributed by atoms with Gasteiger partial charge in [0.05, 0.1) is 17.1 Å². The highest BCUT2D eigenvalue weighted by atomic mass is 16.1. The Morgan fingerprint density at radius 3 is 2.65 bits per heavy atom. The van der Waals surface area contributed by atoms with E-state index in [2.05, 4.69) is 31.1 Å². The van der Waals surface area contributed by atoms with Crippen LogP contribution in [0, 0.1) is 0 Å². The maximum absolute atomic E-state index is 12.8. The second kappa shape index (κ2) is 7.83. The summed E-state index contributed by atoms with van der Waals surface area (Å²) in [4.78, 5) is 17.4. The van der Waals surface area contributed by atoms with Crippen LogP contribution < -0.4 is 10.6 Å². The monoisotopic (exact) mass is 409 g/mol. The maximum Gasteiger partial charge on any atom is 0.251 e. The number of aromatic nitrogens is 5. The van der Waals surface area contributed by atoms with E-state index >= 15 is 0 Å². The van der Waals surface area contributed by atoms with Crippen molar-refractivity contribution in [2.24, 2.45) is 0 Å². The highest BCUT2D eigenvalue weighted by molar-refractivity contribution is 5.95. The van der Waals surface area contributed by atoms with Crippen LogP contribution in [-0.2, 0) is 0 Å². The van der Waals surface area contributed by atoms with Gasteiger partial charge in [0, 0.05) is 11.3 Å². The standard InChI is InChI=1S/C23H19N7O/c1-15(16-8-3-2-4-9-16)24-23(31)17-10-7-11-18(14-17)25-21-22-27-28-29-30(22)20-13-6-5-12-19(20)26-21/h2-15H,1H3,(H,24,31)(H,25,26)/t15-/m0/s1. The number of hydrogen-bond donors (Lipinski definition) is 2. The highest BCUT2D eigenvalue weighted by Crippen LogP contribution is 2.23. The molecule has 2 N–H and O–H groups in total. The lowest BCUT2D eigenvalue weighted by molar-refractivity contribution is 0.0940. The van der Waals surface area contributed by atoms with Crippen LogP contribution in [0.1, 0.15) is 28.9 Å². The van der Waals surface area contributed by atoms with Gasteiger partial charge in [-0.15, -0.1) is 5.10 Å². The summed E-state index contributed by atoms with van der Waals surface area (Å²) in [5.41, 5.74) is 4.39. The Kier molecular flexibility index (Phi) is 4.72. The van der Waals surface area contributed by atoms with Crippen molar-refractivity contribution in [3.8, 4) is 0 Å². The van der Waals surface area contributed by atoms with Gasteiger partial charge in [-0.05, 0) is 53.2 Å². The number of benzene rings is 3. The Hall–Kier alpha value is -4.33. The molecule has 31 heavy (non-hydrogen) atoms. The summed E-state index contributed by atoms with van der Waals surface area (Å²) in [6.45, 7) is 1.96. The molecule has 0 saturated heterocycles. The molecule has 152 valence electrons. The van der Waals surface area contributed by atoms with Gasteiger partial charge in [-0.3, -0.25) is 4.79 Å². The molecule has 3 aromatic carbocycles. The molecule has 5 rings (SSSR count). The number of carbonyl (C=O) groups excluding carboxylic acids is 1. The van der Waals surface area contributed by atoms with E-state index in [1.54, 1.807) is 16.6 Å². The van der Waals surface area contributed by atoms with E-state index in [9.17, 15) is 4.79 Å². The predicted molar refractivity (Wildman–Crippen MR) is 118 cm³/mol. The van der Waals surface area contributed by atoms with E-state index in [0.29, 0.717) is 22.7 Å². The minimum absolute atomic E-state index is 0.103. The Morgan fingerprint density at radius 2 is 1.77 bits per heavy atom. The summed E-state index contributed by atoms with van der Waals surface area (Å²) < 4.78 is 1.64. The Labute approximate surface area is 177 Å². The van der Waals surface area contributed by atoms with Crippen molar-refractivity contribution in [3.05, 3.63) is 90.0 Å². The first-order valence-electron chi connectivity index (χ1n) is 9.89. The molecule has 2 heterocycles. The third-order valence-electron chi connectivity index (χ3n) is 5.06. The van der Waals surface area contributed by atoms with Crippen molar-refractivity contribution in [1.82, 2.24) is 30.3 Å². The van der Waals surface area contributed by atoms with Gasteiger partial charge in [0.2, 0.25) is 5.65 Å². The average molecular weight is 409 g/mol. The van der Waals surface area contributed by atoms with Gasteiger partial charge in [-0.25, -0.2) is 4.98 Å². The minimum atomic E-state index is -0.152. The summed E-state index contributed by atoms with van der Waals surface area (Å²) >= 11 is 0. The molecule has 5 aromatic rings. The summed E-state index contributed by atoms with van der Waals surface area (Å²) in [7, 11) is 0. The van der Waals surface area contributed by atoms with Crippen LogP contribution in [0.25, 0.3) is 16.7 Å². The summed E-state index contributed by atoms with van der Waals surface area (Å²) in [6.07, 6.45) is 0. The molecule has 2 aromatic heterocycles. The second-order valence-corrected chi connectivity index (χ2v) is 7.18. The summed E-state index contributed by atoms with van der Waals surface area (Å²) in [6, 6.07) is 24.6. The number of carbonyl (C=O) groups is 1. The maximum atomic E-state index is 12.8. The molecule has 0 aliphatic carbocycles. The molecule has 0 bridgehead atoms. The van der Waals surface area contributed by atoms with Crippen molar-refractivity contribution in [1.29, 1.82) is 0 Å². The fraction of sp³-hybridized carbons (Fsp3) is 0.0870. The third-order valence-corrected chi connectivity index (χ3v) is 5.06. The molecule has 8 heteroatoms. The SMILES string of the molecule is C[C@H](NC(=O)c1cccc(Nc2nc3ccccc3n3nnnc23)c1)c1ccccc1. The van der Waals surface area contributed by atoms with E-state index in [0.717, 1.165) is 16.6 Å². The lowest BCUT2D eigenvalue weighted by Gasteiger charge is -2.15. The fourth-order valence-corrected chi connectivity index (χ4v) is 3.47. The first-order chi connectivity index (χ1) is 15.2. The van der Waals surface area contributed by atoms with Gasteiger partial charge in [0.25, 0.3) is 5.91 Å². The largest absolute Gasteiger partial charge is 0.346 e. The smallest absolute Gasteiger partial charge is 0.251 e. The Bertz CT molecular complexity index is 1380. The number of amides is 1. The molecular weight excluding hydrogens is 390 g/mol. The van der Waals surface area contributed by atoms with Crippen molar-refractivity contribution in [2.45, 2.75) is 13.0 Å². The Balaban J connectivity index is 1.42. The lowest BCUT2D eigenvalue weighted by Crippen LogP contribution is -2.26. The van der Waals surface area contributed by atoms with Gasteiger partial charge in [-0.1, -0.05) is 48.5 Å². The van der Waals surface area contributed by atoms with Crippen LogP contribution in [0.5, 0.6) is 0 Å².